The van der Waals surface area contributed by atoms with E-state index >= 15 is 0 Å². The van der Waals surface area contributed by atoms with Crippen molar-refractivity contribution in [2.75, 3.05) is 11.5 Å². The second-order valence-electron chi connectivity index (χ2n) is 10.7. The van der Waals surface area contributed by atoms with Crippen LogP contribution in [0.2, 0.25) is 0 Å². The molecule has 8 nitrogen and oxygen atoms in total. The number of phenolic OH excluding ortho intramolecular Hbond substituents is 1. The van der Waals surface area contributed by atoms with E-state index in [1.165, 1.54) is 29.2 Å². The molecule has 2 aliphatic carbocycles. The second-order valence-corrected chi connectivity index (χ2v) is 10.7. The van der Waals surface area contributed by atoms with E-state index in [-0.39, 0.29) is 46.0 Å². The Kier molecular flexibility index (Phi) is 5.97. The van der Waals surface area contributed by atoms with E-state index in [0.717, 1.165) is 5.56 Å². The van der Waals surface area contributed by atoms with Crippen molar-refractivity contribution >= 4 is 23.3 Å². The van der Waals surface area contributed by atoms with Crippen LogP contribution in [-0.4, -0.2) is 52.2 Å². The van der Waals surface area contributed by atoms with Crippen LogP contribution in [0.1, 0.15) is 63.7 Å². The first kappa shape index (κ1) is 26.6. The van der Waals surface area contributed by atoms with Gasteiger partial charge in [-0.1, -0.05) is 69.2 Å². The van der Waals surface area contributed by atoms with Crippen LogP contribution in [-0.2, 0) is 21.5 Å². The summed E-state index contributed by atoms with van der Waals surface area (Å²) in [6.07, 6.45) is 2.75. The number of aromatic hydroxyl groups is 1. The normalized spacial score (nSPS) is 27.1. The number of hydrogen-bond acceptors (Lipinski definition) is 7. The van der Waals surface area contributed by atoms with Crippen molar-refractivity contribution in [1.29, 1.82) is 0 Å². The number of carbonyl (C=O) groups is 3. The molecule has 2 aliphatic heterocycles. The molecule has 2 aromatic carbocycles. The summed E-state index contributed by atoms with van der Waals surface area (Å²) in [5.41, 5.74) is -1.94. The number of aliphatic hydroxyl groups excluding tert-OH is 1. The maximum Gasteiger partial charge on any atom is 0.415 e. The molecule has 0 spiro atoms. The van der Waals surface area contributed by atoms with Crippen molar-refractivity contribution in [1.82, 2.24) is 0 Å². The molecule has 2 heterocycles. The quantitative estimate of drug-likeness (QED) is 0.289. The molecule has 2 aromatic rings. The fourth-order valence-corrected chi connectivity index (χ4v) is 6.48. The van der Waals surface area contributed by atoms with Gasteiger partial charge in [0.25, 0.3) is 0 Å². The first-order chi connectivity index (χ1) is 19.6. The minimum atomic E-state index is -1.56. The van der Waals surface area contributed by atoms with Crippen molar-refractivity contribution in [3.8, 4) is 29.4 Å². The fourth-order valence-electron chi connectivity index (χ4n) is 6.48. The number of aliphatic hydroxyl groups is 1. The number of allylic oxidation sites excluding steroid dienone is 2. The lowest BCUT2D eigenvalue weighted by Crippen LogP contribution is -2.59. The zero-order valence-corrected chi connectivity index (χ0v) is 22.8. The second kappa shape index (κ2) is 9.21. The van der Waals surface area contributed by atoms with Crippen LogP contribution in [0.3, 0.4) is 0 Å². The third kappa shape index (κ3) is 3.35. The molecule has 2 bridgehead atoms. The minimum Gasteiger partial charge on any atom is -0.507 e. The van der Waals surface area contributed by atoms with E-state index < -0.39 is 46.8 Å². The fraction of sp³-hybridized carbons (Fsp3) is 0.303. The molecule has 0 unspecified atom stereocenters. The number of nitrogens with zero attached hydrogens (tertiary/aromatic N) is 1. The average molecular weight is 550 g/mol. The summed E-state index contributed by atoms with van der Waals surface area (Å²) in [5.74, 6) is 9.63. The first-order valence-corrected chi connectivity index (χ1v) is 13.4. The van der Waals surface area contributed by atoms with E-state index in [4.69, 9.17) is 9.47 Å². The third-order valence-corrected chi connectivity index (χ3v) is 8.34. The van der Waals surface area contributed by atoms with Crippen molar-refractivity contribution < 1.29 is 34.1 Å². The molecule has 1 saturated heterocycles. The topological polar surface area (TPSA) is 117 Å². The Labute approximate surface area is 237 Å². The van der Waals surface area contributed by atoms with Gasteiger partial charge in [0.15, 0.2) is 23.3 Å². The summed E-state index contributed by atoms with van der Waals surface area (Å²) >= 11 is 0. The summed E-state index contributed by atoms with van der Waals surface area (Å²) in [6.45, 7) is 9.15. The number of carbonyl (C=O) groups excluding carboxylic acids is 3. The summed E-state index contributed by atoms with van der Waals surface area (Å²) in [4.78, 5) is 43.2. The third-order valence-electron chi connectivity index (χ3n) is 8.34. The van der Waals surface area contributed by atoms with Crippen LogP contribution in [0, 0.1) is 29.6 Å². The first-order valence-electron chi connectivity index (χ1n) is 13.4. The van der Waals surface area contributed by atoms with E-state index in [1.54, 1.807) is 18.2 Å². The molecule has 8 heteroatoms. The molecule has 2 N–H and O–H groups in total. The molecule has 1 amide bonds. The van der Waals surface area contributed by atoms with E-state index in [9.17, 15) is 24.6 Å². The number of amides is 1. The lowest BCUT2D eigenvalue weighted by Gasteiger charge is -2.43. The van der Waals surface area contributed by atoms with Crippen LogP contribution < -0.4 is 4.90 Å². The molecule has 4 aliphatic rings. The summed E-state index contributed by atoms with van der Waals surface area (Å²) in [6, 6.07) is 5.24. The largest absolute Gasteiger partial charge is 0.507 e. The van der Waals surface area contributed by atoms with Gasteiger partial charge in [-0.3, -0.25) is 14.5 Å². The van der Waals surface area contributed by atoms with Gasteiger partial charge in [-0.15, -0.1) is 0 Å². The molecule has 1 fully saturated rings. The Morgan fingerprint density at radius 2 is 1.85 bits per heavy atom. The number of ketones is 2. The van der Waals surface area contributed by atoms with Crippen LogP contribution in [0.4, 0.5) is 10.5 Å². The van der Waals surface area contributed by atoms with Gasteiger partial charge in [-0.05, 0) is 42.2 Å². The predicted molar refractivity (Wildman–Crippen MR) is 150 cm³/mol. The number of ether oxygens (including phenoxy) is 2. The zero-order valence-electron chi connectivity index (χ0n) is 22.8. The van der Waals surface area contributed by atoms with Gasteiger partial charge in [-0.2, -0.15) is 0 Å². The van der Waals surface area contributed by atoms with Crippen LogP contribution >= 0.6 is 0 Å². The number of epoxide rings is 1. The van der Waals surface area contributed by atoms with E-state index in [1.807, 2.05) is 20.8 Å². The maximum atomic E-state index is 14.2. The number of benzene rings is 2. The molecular formula is C33H27NO7. The van der Waals surface area contributed by atoms with Gasteiger partial charge >= 0.3 is 6.09 Å². The van der Waals surface area contributed by atoms with Crippen LogP contribution in [0.15, 0.2) is 49.1 Å². The number of aryl methyl sites for hydroxylation is 1. The molecule has 4 atom stereocenters. The van der Waals surface area contributed by atoms with Gasteiger partial charge in [0.1, 0.15) is 24.0 Å². The number of hydrogen-bond donors (Lipinski definition) is 2. The molecular weight excluding hydrogens is 522 g/mol. The number of phenols is 1. The highest BCUT2D eigenvalue weighted by molar-refractivity contribution is 6.32. The lowest BCUT2D eigenvalue weighted by atomic mass is 9.67. The summed E-state index contributed by atoms with van der Waals surface area (Å²) in [5, 5.41) is 22.9. The highest BCUT2D eigenvalue weighted by atomic mass is 16.6. The standard InChI is InChI=1S/C33H27NO7/c1-5-15-40-31(39)34-24-11-9-7-8-10-12-25(36)33(32(24,41-33)18(3)4)22-17-23(35)26-27(28(22)34)29(37)20-14-13-19(6-2)16-21(20)30(26)38/h5,7-8,13-14,16-18,24-25,35-36H,1,6,15H2,2-4H3/b8-7-/t24-,25+,32-,33-/m0/s1. The summed E-state index contributed by atoms with van der Waals surface area (Å²) < 4.78 is 12.0. The number of rotatable bonds is 4. The predicted octanol–water partition coefficient (Wildman–Crippen LogP) is 3.80. The highest BCUT2D eigenvalue weighted by Crippen LogP contribution is 2.70. The highest BCUT2D eigenvalue weighted by Gasteiger charge is 2.83. The van der Waals surface area contributed by atoms with Gasteiger partial charge in [0.2, 0.25) is 0 Å². The summed E-state index contributed by atoms with van der Waals surface area (Å²) in [7, 11) is 0. The molecule has 206 valence electrons. The minimum absolute atomic E-state index is 0.00564. The van der Waals surface area contributed by atoms with Crippen molar-refractivity contribution in [3.05, 3.63) is 82.5 Å². The molecule has 0 radical (unpaired) electrons. The molecule has 6 rings (SSSR count). The molecule has 41 heavy (non-hydrogen) atoms. The molecule has 0 aromatic heterocycles. The van der Waals surface area contributed by atoms with Crippen molar-refractivity contribution in [3.63, 3.8) is 0 Å². The Bertz CT molecular complexity index is 1730. The molecule has 0 saturated carbocycles. The van der Waals surface area contributed by atoms with Crippen molar-refractivity contribution in [2.24, 2.45) is 5.92 Å². The monoisotopic (exact) mass is 549 g/mol. The average Bonchev–Trinajstić information content (AvgIpc) is 3.69. The van der Waals surface area contributed by atoms with Gasteiger partial charge in [0, 0.05) is 16.7 Å². The smallest absolute Gasteiger partial charge is 0.415 e. The van der Waals surface area contributed by atoms with Crippen LogP contribution in [0.25, 0.3) is 0 Å². The Hall–Kier alpha value is -4.63. The van der Waals surface area contributed by atoms with Crippen molar-refractivity contribution in [2.45, 2.75) is 50.5 Å². The van der Waals surface area contributed by atoms with E-state index in [2.05, 4.69) is 30.3 Å². The van der Waals surface area contributed by atoms with Gasteiger partial charge in [0.05, 0.1) is 16.8 Å². The number of anilines is 1. The zero-order chi connectivity index (χ0) is 29.3. The van der Waals surface area contributed by atoms with Crippen LogP contribution in [0.5, 0.6) is 5.75 Å². The Morgan fingerprint density at radius 3 is 2.54 bits per heavy atom. The Morgan fingerprint density at radius 1 is 1.15 bits per heavy atom. The SMILES string of the molecule is C=CCOC(=O)N1c2c(cc(O)c3c2C(=O)c2ccc(CC)cc2C3=O)[C@@]23O[C@@]2(C(C)C)[C@@H]1C#C/C=C\C#C[C@H]3O. The Balaban J connectivity index is 1.73. The lowest BCUT2D eigenvalue weighted by molar-refractivity contribution is 0.0974. The van der Waals surface area contributed by atoms with Gasteiger partial charge < -0.3 is 19.7 Å². The van der Waals surface area contributed by atoms with E-state index in [0.29, 0.717) is 6.42 Å². The maximum absolute atomic E-state index is 14.2. The number of fused-ring (bicyclic) bond motifs is 4. The van der Waals surface area contributed by atoms with Gasteiger partial charge in [-0.25, -0.2) is 4.79 Å².